The zero-order valence-corrected chi connectivity index (χ0v) is 20.4. The third-order valence-corrected chi connectivity index (χ3v) is 7.25. The van der Waals surface area contributed by atoms with Crippen LogP contribution in [0.2, 0.25) is 0 Å². The summed E-state index contributed by atoms with van der Waals surface area (Å²) in [6.07, 6.45) is 0. The van der Waals surface area contributed by atoms with Crippen LogP contribution in [0.15, 0.2) is 23.4 Å². The molecule has 1 aromatic heterocycles. The zero-order valence-electron chi connectivity index (χ0n) is 19.6. The lowest BCUT2D eigenvalue weighted by Gasteiger charge is -2.18. The van der Waals surface area contributed by atoms with Crippen molar-refractivity contribution in [1.29, 1.82) is 0 Å². The average Bonchev–Trinajstić information content (AvgIpc) is 3.11. The van der Waals surface area contributed by atoms with E-state index in [2.05, 4.69) is 39.2 Å². The van der Waals surface area contributed by atoms with Crippen LogP contribution in [-0.4, -0.2) is 35.8 Å². The van der Waals surface area contributed by atoms with E-state index in [0.717, 1.165) is 21.9 Å². The van der Waals surface area contributed by atoms with E-state index in [0.29, 0.717) is 25.3 Å². The molecule has 5 nitrogen and oxygen atoms in total. The molecule has 0 radical (unpaired) electrons. The van der Waals surface area contributed by atoms with E-state index in [1.807, 2.05) is 19.1 Å². The van der Waals surface area contributed by atoms with Crippen molar-refractivity contribution in [1.82, 2.24) is 9.55 Å². The summed E-state index contributed by atoms with van der Waals surface area (Å²) in [5.41, 5.74) is 10.5. The molecule has 166 valence electrons. The van der Waals surface area contributed by atoms with Crippen molar-refractivity contribution in [2.24, 2.45) is 0 Å². The van der Waals surface area contributed by atoms with E-state index >= 15 is 0 Å². The number of esters is 1. The number of ether oxygens (including phenoxy) is 2. The highest BCUT2D eigenvalue weighted by molar-refractivity contribution is 7.98. The molecule has 0 bridgehead atoms. The fourth-order valence-corrected chi connectivity index (χ4v) is 5.10. The number of benzene rings is 2. The molecule has 0 saturated heterocycles. The molecule has 0 spiro atoms. The van der Waals surface area contributed by atoms with Gasteiger partial charge in [0, 0.05) is 19.4 Å². The summed E-state index contributed by atoms with van der Waals surface area (Å²) in [4.78, 5) is 17.0. The summed E-state index contributed by atoms with van der Waals surface area (Å²) in [6, 6.07) is 5.57. The second-order valence-electron chi connectivity index (χ2n) is 7.86. The Labute approximate surface area is 189 Å². The van der Waals surface area contributed by atoms with Gasteiger partial charge in [-0.1, -0.05) is 11.8 Å². The number of hydrogen-bond acceptors (Lipinski definition) is 5. The van der Waals surface area contributed by atoms with Crippen LogP contribution in [0.3, 0.4) is 0 Å². The standard InChI is InChI=1S/C25H32N2O3S/c1-8-30-24(28)20-9-10-23-22(13-20)26-25(27(23)11-12-29-7)31-14-21-18(5)16(3)15(2)17(4)19(21)6/h9-10,13H,8,11-12,14H2,1-7H3. The van der Waals surface area contributed by atoms with E-state index in [1.165, 1.54) is 33.4 Å². The fraction of sp³-hybridized carbons (Fsp3) is 0.440. The van der Waals surface area contributed by atoms with Crippen LogP contribution in [0, 0.1) is 34.6 Å². The first kappa shape index (κ1) is 23.4. The van der Waals surface area contributed by atoms with Gasteiger partial charge in [-0.3, -0.25) is 0 Å². The topological polar surface area (TPSA) is 53.3 Å². The van der Waals surface area contributed by atoms with Crippen molar-refractivity contribution in [3.05, 3.63) is 57.1 Å². The van der Waals surface area contributed by atoms with Crippen LogP contribution in [0.5, 0.6) is 0 Å². The molecular weight excluding hydrogens is 408 g/mol. The maximum absolute atomic E-state index is 12.1. The molecule has 0 aliphatic carbocycles. The summed E-state index contributed by atoms with van der Waals surface area (Å²) in [7, 11) is 1.70. The van der Waals surface area contributed by atoms with E-state index < -0.39 is 0 Å². The molecule has 0 aliphatic heterocycles. The van der Waals surface area contributed by atoms with Crippen LogP contribution < -0.4 is 0 Å². The lowest BCUT2D eigenvalue weighted by molar-refractivity contribution is 0.0526. The van der Waals surface area contributed by atoms with Crippen molar-refractivity contribution in [2.45, 2.75) is 59.0 Å². The van der Waals surface area contributed by atoms with Crippen molar-refractivity contribution in [3.63, 3.8) is 0 Å². The highest BCUT2D eigenvalue weighted by atomic mass is 32.2. The number of fused-ring (bicyclic) bond motifs is 1. The summed E-state index contributed by atoms with van der Waals surface area (Å²) in [5, 5.41) is 0.933. The van der Waals surface area contributed by atoms with Gasteiger partial charge in [-0.15, -0.1) is 0 Å². The van der Waals surface area contributed by atoms with Gasteiger partial charge in [0.1, 0.15) is 0 Å². The van der Waals surface area contributed by atoms with Gasteiger partial charge in [0.15, 0.2) is 5.16 Å². The number of carbonyl (C=O) groups is 1. The summed E-state index contributed by atoms with van der Waals surface area (Å²) >= 11 is 1.73. The second-order valence-corrected chi connectivity index (χ2v) is 8.80. The number of imidazole rings is 1. The number of rotatable bonds is 8. The number of nitrogens with zero attached hydrogens (tertiary/aromatic N) is 2. The van der Waals surface area contributed by atoms with Gasteiger partial charge < -0.3 is 14.0 Å². The quantitative estimate of drug-likeness (QED) is 0.332. The van der Waals surface area contributed by atoms with Gasteiger partial charge >= 0.3 is 5.97 Å². The molecule has 0 N–H and O–H groups in total. The first-order valence-corrected chi connectivity index (χ1v) is 11.6. The number of aromatic nitrogens is 2. The first-order valence-electron chi connectivity index (χ1n) is 10.6. The average molecular weight is 441 g/mol. The molecule has 3 rings (SSSR count). The Morgan fingerprint density at radius 3 is 2.29 bits per heavy atom. The molecule has 0 fully saturated rings. The minimum atomic E-state index is -0.318. The van der Waals surface area contributed by atoms with E-state index in [1.54, 1.807) is 24.9 Å². The Morgan fingerprint density at radius 2 is 1.68 bits per heavy atom. The van der Waals surface area contributed by atoms with Crippen molar-refractivity contribution in [2.75, 3.05) is 20.3 Å². The van der Waals surface area contributed by atoms with Gasteiger partial charge in [0.05, 0.1) is 29.8 Å². The van der Waals surface area contributed by atoms with Crippen LogP contribution in [0.1, 0.15) is 50.7 Å². The smallest absolute Gasteiger partial charge is 0.338 e. The molecule has 1 heterocycles. The Balaban J connectivity index is 1.98. The number of methoxy groups -OCH3 is 1. The molecular formula is C25H32N2O3S. The van der Waals surface area contributed by atoms with Crippen LogP contribution in [0.25, 0.3) is 11.0 Å². The highest BCUT2D eigenvalue weighted by Crippen LogP contribution is 2.33. The number of thioether (sulfide) groups is 1. The normalized spacial score (nSPS) is 11.3. The Morgan fingerprint density at radius 1 is 1.03 bits per heavy atom. The molecule has 6 heteroatoms. The number of carbonyl (C=O) groups excluding carboxylic acids is 1. The van der Waals surface area contributed by atoms with Crippen LogP contribution in [-0.2, 0) is 21.8 Å². The summed E-state index contributed by atoms with van der Waals surface area (Å²) in [5.74, 6) is 0.530. The van der Waals surface area contributed by atoms with Gasteiger partial charge in [-0.2, -0.15) is 0 Å². The van der Waals surface area contributed by atoms with Crippen LogP contribution >= 0.6 is 11.8 Å². The van der Waals surface area contributed by atoms with Gasteiger partial charge in [-0.25, -0.2) is 9.78 Å². The monoisotopic (exact) mass is 440 g/mol. The Hall–Kier alpha value is -2.31. The van der Waals surface area contributed by atoms with E-state index in [-0.39, 0.29) is 5.97 Å². The third-order valence-electron chi connectivity index (χ3n) is 6.24. The molecule has 0 aliphatic rings. The zero-order chi connectivity index (χ0) is 22.7. The SMILES string of the molecule is CCOC(=O)c1ccc2c(c1)nc(SCc1c(C)c(C)c(C)c(C)c1C)n2CCOC. The summed E-state index contributed by atoms with van der Waals surface area (Å²) < 4.78 is 12.6. The van der Waals surface area contributed by atoms with E-state index in [4.69, 9.17) is 14.5 Å². The minimum absolute atomic E-state index is 0.318. The maximum Gasteiger partial charge on any atom is 0.338 e. The predicted molar refractivity (Wildman–Crippen MR) is 127 cm³/mol. The van der Waals surface area contributed by atoms with Crippen LogP contribution in [0.4, 0.5) is 0 Å². The Bertz CT molecular complexity index is 1090. The molecule has 2 aromatic carbocycles. The minimum Gasteiger partial charge on any atom is -0.462 e. The van der Waals surface area contributed by atoms with Gasteiger partial charge in [-0.05, 0) is 93.1 Å². The highest BCUT2D eigenvalue weighted by Gasteiger charge is 2.17. The second kappa shape index (κ2) is 9.88. The predicted octanol–water partition coefficient (Wildman–Crippen LogP) is 5.69. The lowest BCUT2D eigenvalue weighted by atomic mass is 9.90. The van der Waals surface area contributed by atoms with Crippen molar-refractivity contribution in [3.8, 4) is 0 Å². The molecule has 0 amide bonds. The van der Waals surface area contributed by atoms with Gasteiger partial charge in [0.25, 0.3) is 0 Å². The Kier molecular flexibility index (Phi) is 7.44. The molecule has 31 heavy (non-hydrogen) atoms. The first-order chi connectivity index (χ1) is 14.8. The maximum atomic E-state index is 12.1. The summed E-state index contributed by atoms with van der Waals surface area (Å²) in [6.45, 7) is 14.5. The third kappa shape index (κ3) is 4.65. The molecule has 3 aromatic rings. The number of hydrogen-bond donors (Lipinski definition) is 0. The van der Waals surface area contributed by atoms with Crippen molar-refractivity contribution < 1.29 is 14.3 Å². The van der Waals surface area contributed by atoms with Gasteiger partial charge in [0.2, 0.25) is 0 Å². The van der Waals surface area contributed by atoms with E-state index in [9.17, 15) is 4.79 Å². The molecule has 0 unspecified atom stereocenters. The largest absolute Gasteiger partial charge is 0.462 e. The van der Waals surface area contributed by atoms with Crippen molar-refractivity contribution >= 4 is 28.8 Å². The molecule has 0 atom stereocenters. The fourth-order valence-electron chi connectivity index (χ4n) is 3.89. The molecule has 0 saturated carbocycles. The lowest BCUT2D eigenvalue weighted by Crippen LogP contribution is -2.07.